The lowest BCUT2D eigenvalue weighted by atomic mass is 9.85. The van der Waals surface area contributed by atoms with Crippen molar-refractivity contribution < 1.29 is 9.53 Å². The van der Waals surface area contributed by atoms with Gasteiger partial charge in [0.15, 0.2) is 5.78 Å². The van der Waals surface area contributed by atoms with E-state index in [0.717, 1.165) is 39.1 Å². The van der Waals surface area contributed by atoms with E-state index >= 15 is 0 Å². The van der Waals surface area contributed by atoms with Gasteiger partial charge < -0.3 is 4.74 Å². The fraction of sp³-hybridized carbons (Fsp3) is 0.129. The number of ether oxygens (including phenoxy) is 1. The molecular weight excluding hydrogens is 404 g/mol. The molecule has 0 aliphatic carbocycles. The van der Waals surface area contributed by atoms with Crippen molar-refractivity contribution in [1.29, 1.82) is 0 Å². The van der Waals surface area contributed by atoms with Crippen molar-refractivity contribution in [2.45, 2.75) is 19.8 Å². The molecule has 2 heteroatoms. The Bertz CT molecular complexity index is 1220. The lowest BCUT2D eigenvalue weighted by Crippen LogP contribution is -2.08. The third-order valence-corrected chi connectivity index (χ3v) is 5.79. The van der Waals surface area contributed by atoms with Crippen molar-refractivity contribution in [2.24, 2.45) is 0 Å². The molecule has 0 bridgehead atoms. The molecular formula is C31H28O2. The third-order valence-electron chi connectivity index (χ3n) is 5.79. The topological polar surface area (TPSA) is 26.3 Å². The number of carbonyl (C=O) groups is 1. The van der Waals surface area contributed by atoms with Crippen LogP contribution in [0, 0.1) is 6.92 Å². The number of ketones is 1. The maximum absolute atomic E-state index is 13.8. The second-order valence-electron chi connectivity index (χ2n) is 8.12. The summed E-state index contributed by atoms with van der Waals surface area (Å²) in [7, 11) is 1.65. The van der Waals surface area contributed by atoms with Gasteiger partial charge in [-0.1, -0.05) is 103 Å². The van der Waals surface area contributed by atoms with Gasteiger partial charge in [0, 0.05) is 17.6 Å². The zero-order valence-electron chi connectivity index (χ0n) is 19.1. The largest absolute Gasteiger partial charge is 0.497 e. The Hall–Kier alpha value is -3.91. The van der Waals surface area contributed by atoms with Gasteiger partial charge in [-0.05, 0) is 47.7 Å². The highest BCUT2D eigenvalue weighted by Crippen LogP contribution is 2.34. The molecule has 0 aliphatic rings. The number of methoxy groups -OCH3 is 1. The molecule has 4 aromatic rings. The molecule has 0 radical (unpaired) electrons. The van der Waals surface area contributed by atoms with Crippen LogP contribution in [-0.2, 0) is 11.2 Å². The van der Waals surface area contributed by atoms with Gasteiger partial charge in [0.2, 0.25) is 0 Å². The first-order valence-electron chi connectivity index (χ1n) is 11.2. The Balaban J connectivity index is 1.87. The minimum Gasteiger partial charge on any atom is -0.497 e. The number of benzene rings is 4. The van der Waals surface area contributed by atoms with E-state index in [0.29, 0.717) is 12.8 Å². The molecule has 0 spiro atoms. The molecule has 0 amide bonds. The fourth-order valence-electron chi connectivity index (χ4n) is 4.01. The first-order valence-corrected chi connectivity index (χ1v) is 11.2. The number of Topliss-reactive ketones (excluding diaryl/α,β-unsaturated/α-hetero) is 1. The van der Waals surface area contributed by atoms with Crippen LogP contribution in [0.15, 0.2) is 109 Å². The van der Waals surface area contributed by atoms with Crippen molar-refractivity contribution in [1.82, 2.24) is 0 Å². The molecule has 0 aliphatic heterocycles. The number of allylic oxidation sites excluding steroid dienone is 1. The van der Waals surface area contributed by atoms with Crippen molar-refractivity contribution in [3.63, 3.8) is 0 Å². The van der Waals surface area contributed by atoms with Gasteiger partial charge in [0.1, 0.15) is 5.75 Å². The van der Waals surface area contributed by atoms with Crippen LogP contribution in [-0.4, -0.2) is 12.9 Å². The molecule has 4 rings (SSSR count). The van der Waals surface area contributed by atoms with E-state index in [2.05, 4.69) is 55.5 Å². The molecule has 0 saturated carbocycles. The SMILES string of the molecule is COc1ccc(/C(C(=O)CCc2ccccc2)=C(/c2ccccc2)c2ccc(C)cc2)cc1. The third kappa shape index (κ3) is 5.48. The van der Waals surface area contributed by atoms with Crippen LogP contribution in [0.2, 0.25) is 0 Å². The van der Waals surface area contributed by atoms with Gasteiger partial charge in [-0.15, -0.1) is 0 Å². The Morgan fingerprint density at radius 3 is 1.82 bits per heavy atom. The Morgan fingerprint density at radius 1 is 0.667 bits per heavy atom. The number of carbonyl (C=O) groups excluding carboxylic acids is 1. The highest BCUT2D eigenvalue weighted by molar-refractivity contribution is 6.29. The number of aryl methyl sites for hydroxylation is 2. The summed E-state index contributed by atoms with van der Waals surface area (Å²) in [6.45, 7) is 2.07. The van der Waals surface area contributed by atoms with E-state index in [9.17, 15) is 4.79 Å². The van der Waals surface area contributed by atoms with Crippen molar-refractivity contribution in [3.8, 4) is 5.75 Å². The molecule has 0 saturated heterocycles. The first kappa shape index (κ1) is 22.3. The summed E-state index contributed by atoms with van der Waals surface area (Å²) in [5, 5.41) is 0. The molecule has 0 N–H and O–H groups in total. The van der Waals surface area contributed by atoms with Crippen LogP contribution in [0.5, 0.6) is 5.75 Å². The summed E-state index contributed by atoms with van der Waals surface area (Å²) in [6, 6.07) is 36.5. The summed E-state index contributed by atoms with van der Waals surface area (Å²) in [6.07, 6.45) is 1.14. The van der Waals surface area contributed by atoms with Gasteiger partial charge in [-0.25, -0.2) is 0 Å². The van der Waals surface area contributed by atoms with Crippen LogP contribution < -0.4 is 4.74 Å². The maximum Gasteiger partial charge on any atom is 0.164 e. The van der Waals surface area contributed by atoms with E-state index in [1.807, 2.05) is 60.7 Å². The summed E-state index contributed by atoms with van der Waals surface area (Å²) in [5.74, 6) is 0.898. The Labute approximate surface area is 196 Å². The van der Waals surface area contributed by atoms with Crippen molar-refractivity contribution in [3.05, 3.63) is 137 Å². The standard InChI is InChI=1S/C31H28O2/c1-23-13-16-26(17-14-23)30(25-11-7-4-8-12-25)31(27-18-20-28(33-2)21-19-27)29(32)22-15-24-9-5-3-6-10-24/h3-14,16-21H,15,22H2,1-2H3/b31-30+. The molecule has 0 heterocycles. The molecule has 0 unspecified atom stereocenters. The van der Waals surface area contributed by atoms with Crippen LogP contribution in [0.3, 0.4) is 0 Å². The summed E-state index contributed by atoms with van der Waals surface area (Å²) < 4.78 is 5.36. The van der Waals surface area contributed by atoms with E-state index < -0.39 is 0 Å². The Kier molecular flexibility index (Phi) is 7.16. The lowest BCUT2D eigenvalue weighted by molar-refractivity contribution is -0.113. The van der Waals surface area contributed by atoms with Gasteiger partial charge in [-0.3, -0.25) is 4.79 Å². The quantitative estimate of drug-likeness (QED) is 0.218. The van der Waals surface area contributed by atoms with E-state index in [1.54, 1.807) is 7.11 Å². The van der Waals surface area contributed by atoms with Crippen LogP contribution >= 0.6 is 0 Å². The number of hydrogen-bond donors (Lipinski definition) is 0. The molecule has 164 valence electrons. The van der Waals surface area contributed by atoms with Crippen LogP contribution in [0.1, 0.15) is 34.2 Å². The van der Waals surface area contributed by atoms with Crippen molar-refractivity contribution in [2.75, 3.05) is 7.11 Å². The molecule has 4 aromatic carbocycles. The highest BCUT2D eigenvalue weighted by Gasteiger charge is 2.20. The molecule has 0 fully saturated rings. The predicted octanol–water partition coefficient (Wildman–Crippen LogP) is 7.16. The summed E-state index contributed by atoms with van der Waals surface area (Å²) in [4.78, 5) is 13.8. The average molecular weight is 433 g/mol. The molecule has 0 aromatic heterocycles. The van der Waals surface area contributed by atoms with Crippen LogP contribution in [0.4, 0.5) is 0 Å². The smallest absolute Gasteiger partial charge is 0.164 e. The second-order valence-corrected chi connectivity index (χ2v) is 8.12. The molecule has 33 heavy (non-hydrogen) atoms. The van der Waals surface area contributed by atoms with Gasteiger partial charge >= 0.3 is 0 Å². The predicted molar refractivity (Wildman–Crippen MR) is 136 cm³/mol. The second kappa shape index (κ2) is 10.6. The number of hydrogen-bond acceptors (Lipinski definition) is 2. The zero-order valence-corrected chi connectivity index (χ0v) is 19.1. The number of rotatable bonds is 8. The molecule has 0 atom stereocenters. The summed E-state index contributed by atoms with van der Waals surface area (Å²) in [5.41, 5.74) is 7.01. The fourth-order valence-corrected chi connectivity index (χ4v) is 4.01. The normalized spacial score (nSPS) is 11.6. The van der Waals surface area contributed by atoms with Gasteiger partial charge in [0.05, 0.1) is 7.11 Å². The average Bonchev–Trinajstić information content (AvgIpc) is 2.88. The monoisotopic (exact) mass is 432 g/mol. The van der Waals surface area contributed by atoms with E-state index in [4.69, 9.17) is 4.74 Å². The minimum absolute atomic E-state index is 0.128. The van der Waals surface area contributed by atoms with Crippen LogP contribution in [0.25, 0.3) is 11.1 Å². The first-order chi connectivity index (χ1) is 16.2. The minimum atomic E-state index is 0.128. The van der Waals surface area contributed by atoms with Gasteiger partial charge in [0.25, 0.3) is 0 Å². The lowest BCUT2D eigenvalue weighted by Gasteiger charge is -2.17. The van der Waals surface area contributed by atoms with Gasteiger partial charge in [-0.2, -0.15) is 0 Å². The molecule has 2 nitrogen and oxygen atoms in total. The zero-order chi connectivity index (χ0) is 23.0. The van der Waals surface area contributed by atoms with E-state index in [-0.39, 0.29) is 5.78 Å². The Morgan fingerprint density at radius 2 is 1.21 bits per heavy atom. The summed E-state index contributed by atoms with van der Waals surface area (Å²) >= 11 is 0. The highest BCUT2D eigenvalue weighted by atomic mass is 16.5. The van der Waals surface area contributed by atoms with Crippen molar-refractivity contribution >= 4 is 16.9 Å². The van der Waals surface area contributed by atoms with E-state index in [1.165, 1.54) is 5.56 Å². The maximum atomic E-state index is 13.8.